The van der Waals surface area contributed by atoms with Crippen molar-refractivity contribution in [3.8, 4) is 0 Å². The van der Waals surface area contributed by atoms with Crippen LogP contribution in [0.15, 0.2) is 36.4 Å². The number of cyclic esters (lactones) is 1. The van der Waals surface area contributed by atoms with Crippen LogP contribution < -0.4 is 0 Å². The Labute approximate surface area is 117 Å². The van der Waals surface area contributed by atoms with Gasteiger partial charge in [0.15, 0.2) is 0 Å². The van der Waals surface area contributed by atoms with Gasteiger partial charge in [0.1, 0.15) is 6.61 Å². The van der Waals surface area contributed by atoms with Crippen LogP contribution in [0.25, 0.3) is 6.08 Å². The highest BCUT2D eigenvalue weighted by molar-refractivity contribution is 5.94. The Morgan fingerprint density at radius 3 is 2.70 bits per heavy atom. The molecule has 1 aliphatic heterocycles. The lowest BCUT2D eigenvalue weighted by Gasteiger charge is -2.19. The zero-order valence-electron chi connectivity index (χ0n) is 11.2. The molecule has 0 bridgehead atoms. The number of aliphatic hydroxyl groups is 1. The largest absolute Gasteiger partial charge is 0.447 e. The smallest absolute Gasteiger partial charge is 0.416 e. The molecule has 0 aromatic heterocycles. The van der Waals surface area contributed by atoms with Crippen molar-refractivity contribution in [1.82, 2.24) is 4.90 Å². The second-order valence-electron chi connectivity index (χ2n) is 4.65. The highest BCUT2D eigenvalue weighted by Gasteiger charge is 2.33. The van der Waals surface area contributed by atoms with Gasteiger partial charge in [-0.15, -0.1) is 0 Å². The third-order valence-electron chi connectivity index (χ3n) is 3.21. The van der Waals surface area contributed by atoms with Gasteiger partial charge < -0.3 is 9.84 Å². The molecule has 2 atom stereocenters. The van der Waals surface area contributed by atoms with Crippen molar-refractivity contribution in [2.45, 2.75) is 13.0 Å². The maximum Gasteiger partial charge on any atom is 0.416 e. The van der Waals surface area contributed by atoms with Crippen LogP contribution in [0, 0.1) is 5.92 Å². The summed E-state index contributed by atoms with van der Waals surface area (Å²) in [6, 6.07) is 9.47. The van der Waals surface area contributed by atoms with Crippen LogP contribution in [0.2, 0.25) is 0 Å². The van der Waals surface area contributed by atoms with E-state index in [0.717, 1.165) is 10.5 Å². The van der Waals surface area contributed by atoms with E-state index in [4.69, 9.17) is 4.74 Å². The number of rotatable bonds is 4. The Bertz CT molecular complexity index is 512. The monoisotopic (exact) mass is 275 g/mol. The van der Waals surface area contributed by atoms with E-state index in [-0.39, 0.29) is 13.2 Å². The zero-order valence-corrected chi connectivity index (χ0v) is 11.2. The lowest BCUT2D eigenvalue weighted by atomic mass is 10.0. The van der Waals surface area contributed by atoms with Crippen molar-refractivity contribution >= 4 is 18.1 Å². The van der Waals surface area contributed by atoms with Crippen molar-refractivity contribution in [3.05, 3.63) is 42.0 Å². The van der Waals surface area contributed by atoms with Crippen molar-refractivity contribution in [1.29, 1.82) is 0 Å². The van der Waals surface area contributed by atoms with Gasteiger partial charge in [-0.05, 0) is 5.56 Å². The molecule has 1 heterocycles. The van der Waals surface area contributed by atoms with Gasteiger partial charge in [0, 0.05) is 0 Å². The fourth-order valence-corrected chi connectivity index (χ4v) is 1.93. The number of carbonyl (C=O) groups excluding carboxylic acids is 2. The molecule has 1 N–H and O–H groups in total. The molecule has 5 heteroatoms. The molecule has 1 aromatic rings. The van der Waals surface area contributed by atoms with Gasteiger partial charge in [-0.25, -0.2) is 9.69 Å². The number of ether oxygens (including phenoxy) is 1. The molecule has 0 saturated carbocycles. The average molecular weight is 275 g/mol. The Hall–Kier alpha value is -2.14. The molecule has 2 amide bonds. The van der Waals surface area contributed by atoms with E-state index in [2.05, 4.69) is 0 Å². The second kappa shape index (κ2) is 6.34. The summed E-state index contributed by atoms with van der Waals surface area (Å²) >= 11 is 0. The minimum atomic E-state index is -0.948. The zero-order chi connectivity index (χ0) is 14.5. The molecule has 2 rings (SSSR count). The number of nitrogens with zero attached hydrogens (tertiary/aromatic N) is 1. The van der Waals surface area contributed by atoms with Gasteiger partial charge in [0.2, 0.25) is 5.91 Å². The topological polar surface area (TPSA) is 66.8 Å². The summed E-state index contributed by atoms with van der Waals surface area (Å²) in [4.78, 5) is 24.4. The average Bonchev–Trinajstić information content (AvgIpc) is 2.90. The molecule has 0 unspecified atom stereocenters. The number of hydrogen-bond donors (Lipinski definition) is 1. The van der Waals surface area contributed by atoms with E-state index in [1.165, 1.54) is 0 Å². The summed E-state index contributed by atoms with van der Waals surface area (Å²) < 4.78 is 4.71. The van der Waals surface area contributed by atoms with Gasteiger partial charge in [0.25, 0.3) is 0 Å². The fraction of sp³-hybridized carbons (Fsp3) is 0.333. The van der Waals surface area contributed by atoms with E-state index in [9.17, 15) is 14.7 Å². The van der Waals surface area contributed by atoms with E-state index in [1.54, 1.807) is 19.1 Å². The number of imide groups is 1. The predicted molar refractivity (Wildman–Crippen MR) is 73.7 cm³/mol. The number of carbonyl (C=O) groups is 2. The van der Waals surface area contributed by atoms with Gasteiger partial charge >= 0.3 is 6.09 Å². The van der Waals surface area contributed by atoms with Crippen molar-refractivity contribution in [3.63, 3.8) is 0 Å². The van der Waals surface area contributed by atoms with Crippen molar-refractivity contribution < 1.29 is 19.4 Å². The number of amides is 2. The van der Waals surface area contributed by atoms with Crippen LogP contribution in [0.5, 0.6) is 0 Å². The standard InChI is InChI=1S/C15H17NO4/c1-11(14(18)16-9-10-20-15(16)19)13(17)8-7-12-5-3-2-4-6-12/h2-8,11,13,17H,9-10H2,1H3/b8-7+/t11-,13+/m1/s1. The molecule has 106 valence electrons. The van der Waals surface area contributed by atoms with Gasteiger partial charge in [-0.2, -0.15) is 0 Å². The van der Waals surface area contributed by atoms with Crippen LogP contribution >= 0.6 is 0 Å². The van der Waals surface area contributed by atoms with Crippen LogP contribution in [-0.2, 0) is 9.53 Å². The molecule has 1 aliphatic rings. The highest BCUT2D eigenvalue weighted by Crippen LogP contribution is 2.14. The normalized spacial score (nSPS) is 18.1. The highest BCUT2D eigenvalue weighted by atomic mass is 16.6. The quantitative estimate of drug-likeness (QED) is 0.907. The third-order valence-corrected chi connectivity index (χ3v) is 3.21. The Morgan fingerprint density at radius 2 is 2.10 bits per heavy atom. The summed E-state index contributed by atoms with van der Waals surface area (Å²) in [6.07, 6.45) is 1.72. The van der Waals surface area contributed by atoms with Crippen molar-refractivity contribution in [2.75, 3.05) is 13.2 Å². The third kappa shape index (κ3) is 3.24. The summed E-state index contributed by atoms with van der Waals surface area (Å²) in [5, 5.41) is 10.0. The molecule has 0 aliphatic carbocycles. The second-order valence-corrected chi connectivity index (χ2v) is 4.65. The van der Waals surface area contributed by atoms with Crippen LogP contribution in [0.1, 0.15) is 12.5 Å². The molecule has 1 aromatic carbocycles. The first-order valence-electron chi connectivity index (χ1n) is 6.49. The molecule has 1 fully saturated rings. The summed E-state index contributed by atoms with van der Waals surface area (Å²) in [6.45, 7) is 2.05. The van der Waals surface area contributed by atoms with Crippen LogP contribution in [-0.4, -0.2) is 41.3 Å². The van der Waals surface area contributed by atoms with Crippen LogP contribution in [0.3, 0.4) is 0 Å². The Kier molecular flexibility index (Phi) is 4.53. The van der Waals surface area contributed by atoms with E-state index in [0.29, 0.717) is 0 Å². The molecular weight excluding hydrogens is 258 g/mol. The first-order chi connectivity index (χ1) is 9.59. The van der Waals surface area contributed by atoms with E-state index in [1.807, 2.05) is 30.3 Å². The molecule has 1 saturated heterocycles. The molecular formula is C15H17NO4. The van der Waals surface area contributed by atoms with E-state index < -0.39 is 24.0 Å². The summed E-state index contributed by atoms with van der Waals surface area (Å²) in [5.41, 5.74) is 0.937. The Balaban J connectivity index is 1.98. The fourth-order valence-electron chi connectivity index (χ4n) is 1.93. The van der Waals surface area contributed by atoms with E-state index >= 15 is 0 Å². The Morgan fingerprint density at radius 1 is 1.40 bits per heavy atom. The molecule has 5 nitrogen and oxygen atoms in total. The predicted octanol–water partition coefficient (Wildman–Crippen LogP) is 1.68. The van der Waals surface area contributed by atoms with Gasteiger partial charge in [0.05, 0.1) is 18.6 Å². The molecule has 20 heavy (non-hydrogen) atoms. The number of hydrogen-bond acceptors (Lipinski definition) is 4. The lowest BCUT2D eigenvalue weighted by molar-refractivity contribution is -0.133. The number of benzene rings is 1. The minimum absolute atomic E-state index is 0.216. The SMILES string of the molecule is C[C@@H](C(=O)N1CCOC1=O)[C@@H](O)/C=C/c1ccccc1. The van der Waals surface area contributed by atoms with Gasteiger partial charge in [-0.3, -0.25) is 4.79 Å². The first-order valence-corrected chi connectivity index (χ1v) is 6.49. The van der Waals surface area contributed by atoms with Gasteiger partial charge in [-0.1, -0.05) is 49.4 Å². The minimum Gasteiger partial charge on any atom is -0.447 e. The van der Waals surface area contributed by atoms with Crippen molar-refractivity contribution in [2.24, 2.45) is 5.92 Å². The molecule has 0 radical (unpaired) electrons. The maximum atomic E-state index is 12.0. The summed E-state index contributed by atoms with van der Waals surface area (Å²) in [7, 11) is 0. The van der Waals surface area contributed by atoms with Crippen LogP contribution in [0.4, 0.5) is 4.79 Å². The lowest BCUT2D eigenvalue weighted by Crippen LogP contribution is -2.39. The molecule has 0 spiro atoms. The number of aliphatic hydroxyl groups excluding tert-OH is 1. The first kappa shape index (κ1) is 14.3. The summed E-state index contributed by atoms with van der Waals surface area (Å²) in [5.74, 6) is -1.11. The maximum absolute atomic E-state index is 12.0.